The third kappa shape index (κ3) is 6.17. The van der Waals surface area contributed by atoms with Crippen LogP contribution < -0.4 is 0 Å². The lowest BCUT2D eigenvalue weighted by Crippen LogP contribution is -2.11. The predicted molar refractivity (Wildman–Crippen MR) is 96.3 cm³/mol. The highest BCUT2D eigenvalue weighted by atomic mass is 79.9. The average Bonchev–Trinajstić information content (AvgIpc) is 2.99. The Morgan fingerprint density at radius 3 is 2.27 bits per heavy atom. The lowest BCUT2D eigenvalue weighted by Gasteiger charge is -2.40. The Balaban J connectivity index is 2.55. The van der Waals surface area contributed by atoms with E-state index in [1.165, 1.54) is 0 Å². The summed E-state index contributed by atoms with van der Waals surface area (Å²) in [6.07, 6.45) is -3.99. The maximum atomic E-state index is 13.1. The van der Waals surface area contributed by atoms with Crippen LogP contribution in [0.3, 0.4) is 0 Å². The summed E-state index contributed by atoms with van der Waals surface area (Å²) in [6.45, 7) is 3.13. The molecule has 0 radical (unpaired) electrons. The second kappa shape index (κ2) is 6.93. The van der Waals surface area contributed by atoms with Crippen LogP contribution >= 0.6 is 26.2 Å². The molecule has 2 aromatic rings. The Labute approximate surface area is 172 Å². The van der Waals surface area contributed by atoms with E-state index in [0.717, 1.165) is 17.2 Å². The van der Waals surface area contributed by atoms with E-state index in [4.69, 9.17) is 4.74 Å². The molecule has 0 spiro atoms. The van der Waals surface area contributed by atoms with E-state index in [2.05, 4.69) is 26.0 Å². The number of benzene rings is 1. The van der Waals surface area contributed by atoms with Crippen molar-refractivity contribution in [2.24, 2.45) is 0 Å². The van der Waals surface area contributed by atoms with Gasteiger partial charge in [-0.05, 0) is 48.0 Å². The predicted octanol–water partition coefficient (Wildman–Crippen LogP) is 6.77. The number of carbonyl (C=O) groups excluding carboxylic acids is 1. The minimum absolute atomic E-state index is 0.164. The first kappa shape index (κ1) is 24.1. The van der Waals surface area contributed by atoms with Crippen molar-refractivity contribution in [3.8, 4) is 11.4 Å². The Hall–Kier alpha value is -2.16. The Morgan fingerprint density at radius 2 is 1.77 bits per heavy atom. The Bertz CT molecular complexity index is 1020. The Morgan fingerprint density at radius 1 is 1.17 bits per heavy atom. The number of carbonyl (C=O) groups is 1. The number of esters is 1. The van der Waals surface area contributed by atoms with Crippen LogP contribution in [-0.2, 0) is 15.7 Å². The molecule has 0 unspecified atom stereocenters. The smallest absolute Gasteiger partial charge is 0.416 e. The van der Waals surface area contributed by atoms with Crippen molar-refractivity contribution < 1.29 is 42.1 Å². The monoisotopic (exact) mass is 529 g/mol. The molecule has 0 bridgehead atoms. The molecule has 0 amide bonds. The van der Waals surface area contributed by atoms with Crippen molar-refractivity contribution in [3.63, 3.8) is 0 Å². The van der Waals surface area contributed by atoms with E-state index < -0.39 is 56.4 Å². The number of aromatic nitrogens is 3. The second-order valence-corrected chi connectivity index (χ2v) is 9.46. The summed E-state index contributed by atoms with van der Waals surface area (Å²) >= 11 is 2.87. The molecule has 15 heteroatoms. The van der Waals surface area contributed by atoms with Crippen molar-refractivity contribution in [2.75, 3.05) is 0 Å². The first-order valence-electron chi connectivity index (χ1n) is 7.72. The van der Waals surface area contributed by atoms with Gasteiger partial charge in [-0.15, -0.1) is 5.10 Å². The molecule has 30 heavy (non-hydrogen) atoms. The number of hydrogen-bond acceptors (Lipinski definition) is 4. The lowest BCUT2D eigenvalue weighted by molar-refractivity contribution is -0.141. The van der Waals surface area contributed by atoms with E-state index in [0.29, 0.717) is 0 Å². The minimum atomic E-state index is -10.4. The fourth-order valence-corrected chi connectivity index (χ4v) is 3.03. The maximum absolute atomic E-state index is 13.1. The molecule has 1 aromatic carbocycles. The van der Waals surface area contributed by atoms with Crippen LogP contribution in [0.25, 0.3) is 17.6 Å². The molecule has 1 aromatic heterocycles. The minimum Gasteiger partial charge on any atom is -0.459 e. The molecule has 0 aliphatic heterocycles. The molecule has 5 nitrogen and oxygen atoms in total. The summed E-state index contributed by atoms with van der Waals surface area (Å²) in [4.78, 5) is 12.5. The zero-order chi connectivity index (χ0) is 23.2. The van der Waals surface area contributed by atoms with E-state index in [1.807, 2.05) is 0 Å². The quantitative estimate of drug-likeness (QED) is 0.244. The molecule has 1 heterocycles. The summed E-state index contributed by atoms with van der Waals surface area (Å²) in [7, 11) is -10.4. The molecule has 0 aliphatic rings. The number of rotatable bonds is 5. The molecule has 0 atom stereocenters. The first-order chi connectivity index (χ1) is 13.3. The molecular formula is C15H12BrF8N3O2S. The molecule has 2 rings (SSSR count). The Kier molecular flexibility index (Phi) is 5.57. The number of ether oxygens (including phenoxy) is 1. The number of alkyl halides is 3. The van der Waals surface area contributed by atoms with Crippen LogP contribution in [0.4, 0.5) is 32.6 Å². The third-order valence-electron chi connectivity index (χ3n) is 3.23. The van der Waals surface area contributed by atoms with E-state index in [-0.39, 0.29) is 16.6 Å². The summed E-state index contributed by atoms with van der Waals surface area (Å²) < 4.78 is 110. The van der Waals surface area contributed by atoms with Crippen molar-refractivity contribution >= 4 is 38.3 Å². The SMILES string of the molecule is CC(C)OC(=O)/C(Br)=C/n1cnc(-c2cc(C(F)(F)F)cc(S(F)(F)(F)(F)F)c2)n1. The van der Waals surface area contributed by atoms with Crippen LogP contribution in [0.1, 0.15) is 19.4 Å². The van der Waals surface area contributed by atoms with Gasteiger partial charge in [-0.3, -0.25) is 0 Å². The van der Waals surface area contributed by atoms with E-state index in [1.54, 1.807) is 13.8 Å². The number of halogens is 9. The van der Waals surface area contributed by atoms with Crippen LogP contribution in [0.15, 0.2) is 33.9 Å². The largest absolute Gasteiger partial charge is 0.459 e. The van der Waals surface area contributed by atoms with Gasteiger partial charge in [-0.1, -0.05) is 19.4 Å². The summed E-state index contributed by atoms with van der Waals surface area (Å²) in [6, 6.07) is -0.624. The topological polar surface area (TPSA) is 57.0 Å². The van der Waals surface area contributed by atoms with Crippen LogP contribution in [0.5, 0.6) is 0 Å². The maximum Gasteiger partial charge on any atom is 0.416 e. The van der Waals surface area contributed by atoms with Gasteiger partial charge in [-0.25, -0.2) is 14.5 Å². The van der Waals surface area contributed by atoms with Crippen molar-refractivity contribution in [2.45, 2.75) is 31.0 Å². The summed E-state index contributed by atoms with van der Waals surface area (Å²) in [5, 5.41) is 3.60. The summed E-state index contributed by atoms with van der Waals surface area (Å²) in [5.74, 6) is -1.54. The molecule has 0 saturated heterocycles. The summed E-state index contributed by atoms with van der Waals surface area (Å²) in [5.41, 5.74) is -2.89. The van der Waals surface area contributed by atoms with Gasteiger partial charge in [-0.2, -0.15) is 13.2 Å². The molecule has 0 N–H and O–H groups in total. The second-order valence-electron chi connectivity index (χ2n) is 6.19. The fraction of sp³-hybridized carbons (Fsp3) is 0.267. The average molecular weight is 530 g/mol. The van der Waals surface area contributed by atoms with Gasteiger partial charge in [0, 0.05) is 5.56 Å². The molecule has 0 fully saturated rings. The van der Waals surface area contributed by atoms with Crippen molar-refractivity contribution in [3.05, 3.63) is 34.6 Å². The molecular weight excluding hydrogens is 518 g/mol. The van der Waals surface area contributed by atoms with Gasteiger partial charge in [0.1, 0.15) is 15.7 Å². The van der Waals surface area contributed by atoms with Crippen molar-refractivity contribution in [1.29, 1.82) is 0 Å². The highest BCUT2D eigenvalue weighted by Crippen LogP contribution is 3.02. The normalized spacial score (nSPS) is 15.7. The molecule has 0 aliphatic carbocycles. The van der Waals surface area contributed by atoms with Crippen LogP contribution in [0.2, 0.25) is 0 Å². The fourth-order valence-electron chi connectivity index (χ4n) is 2.02. The lowest BCUT2D eigenvalue weighted by atomic mass is 10.1. The van der Waals surface area contributed by atoms with Crippen LogP contribution in [0, 0.1) is 0 Å². The zero-order valence-corrected chi connectivity index (χ0v) is 17.3. The van der Waals surface area contributed by atoms with E-state index >= 15 is 0 Å². The van der Waals surface area contributed by atoms with Gasteiger partial charge in [0.05, 0.1) is 17.9 Å². The molecule has 168 valence electrons. The highest BCUT2D eigenvalue weighted by Gasteiger charge is 2.66. The van der Waals surface area contributed by atoms with Crippen molar-refractivity contribution in [1.82, 2.24) is 14.8 Å². The third-order valence-corrected chi connectivity index (χ3v) is 4.88. The van der Waals surface area contributed by atoms with Gasteiger partial charge >= 0.3 is 22.4 Å². The van der Waals surface area contributed by atoms with E-state index in [9.17, 15) is 37.4 Å². The standard InChI is InChI=1S/C15H12BrF8N3O2S/c1-8(2)29-14(28)12(16)6-27-7-25-13(26-27)9-3-10(15(17,18)19)5-11(4-9)30(20,21,22,23)24/h3-8H,1-2H3/b12-6-. The van der Waals surface area contributed by atoms with Gasteiger partial charge < -0.3 is 4.74 Å². The van der Waals surface area contributed by atoms with Gasteiger partial charge in [0.2, 0.25) is 0 Å². The van der Waals surface area contributed by atoms with Gasteiger partial charge in [0.25, 0.3) is 0 Å². The number of nitrogens with zero attached hydrogens (tertiary/aromatic N) is 3. The highest BCUT2D eigenvalue weighted by molar-refractivity contribution is 9.12. The molecule has 0 saturated carbocycles. The van der Waals surface area contributed by atoms with Gasteiger partial charge in [0.15, 0.2) is 5.82 Å². The zero-order valence-electron chi connectivity index (χ0n) is 14.9. The number of hydrogen-bond donors (Lipinski definition) is 0. The first-order valence-corrected chi connectivity index (χ1v) is 10.5. The van der Waals surface area contributed by atoms with Crippen LogP contribution in [-0.4, -0.2) is 26.8 Å².